The summed E-state index contributed by atoms with van der Waals surface area (Å²) in [4.78, 5) is 15.2. The Kier molecular flexibility index (Phi) is 4.33. The van der Waals surface area contributed by atoms with E-state index in [9.17, 15) is 4.79 Å². The molecule has 0 N–H and O–H groups in total. The van der Waals surface area contributed by atoms with Crippen LogP contribution in [0.5, 0.6) is 0 Å². The molecule has 4 rings (SSSR count). The Morgan fingerprint density at radius 3 is 3.21 bits per heavy atom. The van der Waals surface area contributed by atoms with Crippen LogP contribution in [0.3, 0.4) is 0 Å². The van der Waals surface area contributed by atoms with Crippen molar-refractivity contribution >= 4 is 27.3 Å². The average Bonchev–Trinajstić information content (AvgIpc) is 3.05. The van der Waals surface area contributed by atoms with Crippen molar-refractivity contribution in [2.75, 3.05) is 33.4 Å². The first-order valence-corrected chi connectivity index (χ1v) is 9.47. The number of hydrogen-bond donors (Lipinski definition) is 0. The molecule has 0 spiro atoms. The lowest BCUT2D eigenvalue weighted by Crippen LogP contribution is -2.58. The van der Waals surface area contributed by atoms with Gasteiger partial charge in [-0.3, -0.25) is 4.79 Å². The van der Waals surface area contributed by atoms with Gasteiger partial charge in [0.15, 0.2) is 0 Å². The number of thiophene rings is 1. The molecule has 0 bridgehead atoms. The number of piperidine rings is 1. The second-order valence-electron chi connectivity index (χ2n) is 6.92. The number of methoxy groups -OCH3 is 1. The summed E-state index contributed by atoms with van der Waals surface area (Å²) >= 11 is 1.64. The lowest BCUT2D eigenvalue weighted by molar-refractivity contribution is -0.142. The number of ether oxygens (including phenoxy) is 2. The second-order valence-corrected chi connectivity index (χ2v) is 7.83. The Morgan fingerprint density at radius 2 is 2.33 bits per heavy atom. The van der Waals surface area contributed by atoms with Gasteiger partial charge in [0, 0.05) is 47.7 Å². The molecule has 128 valence electrons. The van der Waals surface area contributed by atoms with E-state index in [0.717, 1.165) is 49.9 Å². The van der Waals surface area contributed by atoms with Gasteiger partial charge in [-0.15, -0.1) is 11.3 Å². The highest BCUT2D eigenvalue weighted by molar-refractivity contribution is 7.17. The topological polar surface area (TPSA) is 38.8 Å². The predicted molar refractivity (Wildman–Crippen MR) is 95.6 cm³/mol. The van der Waals surface area contributed by atoms with Gasteiger partial charge in [0.05, 0.1) is 18.3 Å². The molecule has 2 atom stereocenters. The Bertz CT molecular complexity index is 739. The molecule has 1 aromatic heterocycles. The summed E-state index contributed by atoms with van der Waals surface area (Å²) in [6.07, 6.45) is 3.23. The minimum absolute atomic E-state index is 0.0489. The summed E-state index contributed by atoms with van der Waals surface area (Å²) in [5.41, 5.74) is 0.783. The summed E-state index contributed by atoms with van der Waals surface area (Å²) in [6.45, 7) is 2.98. The number of rotatable bonds is 3. The molecule has 2 fully saturated rings. The van der Waals surface area contributed by atoms with E-state index in [2.05, 4.69) is 6.07 Å². The van der Waals surface area contributed by atoms with Gasteiger partial charge in [0.2, 0.25) is 0 Å². The number of benzene rings is 1. The van der Waals surface area contributed by atoms with E-state index in [1.807, 2.05) is 28.5 Å². The zero-order valence-corrected chi connectivity index (χ0v) is 14.8. The highest BCUT2D eigenvalue weighted by atomic mass is 32.1. The molecule has 0 aliphatic carbocycles. The van der Waals surface area contributed by atoms with Gasteiger partial charge in [0.1, 0.15) is 0 Å². The molecule has 2 aliphatic heterocycles. The van der Waals surface area contributed by atoms with Crippen LogP contribution in [0.15, 0.2) is 29.6 Å². The third kappa shape index (κ3) is 2.65. The Morgan fingerprint density at radius 1 is 1.46 bits per heavy atom. The fraction of sp³-hybridized carbons (Fsp3) is 0.526. The minimum Gasteiger partial charge on any atom is -0.384 e. The maximum absolute atomic E-state index is 13.1. The zero-order chi connectivity index (χ0) is 16.6. The predicted octanol–water partition coefficient (Wildman–Crippen LogP) is 3.56. The number of likely N-dealkylation sites (tertiary alicyclic amines) is 1. The standard InChI is InChI=1S/C19H23NO3S/c1-22-13-19-8-4-10-23-17(19)7-9-20(12-19)18(21)15-11-24-16-6-3-2-5-14(15)16/h2-3,5-6,11,17H,4,7-10,12-13H2,1H3/t17-,19+/m0/s1. The molecule has 0 radical (unpaired) electrons. The molecule has 24 heavy (non-hydrogen) atoms. The van der Waals surface area contributed by atoms with E-state index in [1.165, 1.54) is 4.70 Å². The van der Waals surface area contributed by atoms with Crippen molar-refractivity contribution in [1.82, 2.24) is 4.90 Å². The Balaban J connectivity index is 1.61. The van der Waals surface area contributed by atoms with Crippen LogP contribution >= 0.6 is 11.3 Å². The molecule has 0 unspecified atom stereocenters. The SMILES string of the molecule is COC[C@]12CCCO[C@H]1CCN(C(=O)c1csc3ccccc13)C2. The Labute approximate surface area is 146 Å². The second kappa shape index (κ2) is 6.47. The first-order valence-electron chi connectivity index (χ1n) is 8.59. The largest absolute Gasteiger partial charge is 0.384 e. The van der Waals surface area contributed by atoms with Gasteiger partial charge in [-0.05, 0) is 25.3 Å². The van der Waals surface area contributed by atoms with Gasteiger partial charge in [-0.1, -0.05) is 18.2 Å². The van der Waals surface area contributed by atoms with E-state index in [0.29, 0.717) is 6.61 Å². The normalized spacial score (nSPS) is 27.2. The minimum atomic E-state index is -0.0489. The van der Waals surface area contributed by atoms with E-state index in [4.69, 9.17) is 9.47 Å². The van der Waals surface area contributed by atoms with Gasteiger partial charge >= 0.3 is 0 Å². The zero-order valence-electron chi connectivity index (χ0n) is 14.0. The highest BCUT2D eigenvalue weighted by Crippen LogP contribution is 2.41. The molecule has 3 heterocycles. The molecule has 0 saturated carbocycles. The van der Waals surface area contributed by atoms with Gasteiger partial charge in [-0.2, -0.15) is 0 Å². The molecule has 1 amide bonds. The summed E-state index contributed by atoms with van der Waals surface area (Å²) in [7, 11) is 1.74. The summed E-state index contributed by atoms with van der Waals surface area (Å²) in [5.74, 6) is 0.145. The average molecular weight is 345 g/mol. The van der Waals surface area contributed by atoms with Crippen molar-refractivity contribution in [3.05, 3.63) is 35.2 Å². The van der Waals surface area contributed by atoms with Crippen molar-refractivity contribution in [2.24, 2.45) is 5.41 Å². The monoisotopic (exact) mass is 345 g/mol. The van der Waals surface area contributed by atoms with Crippen LogP contribution in [0.25, 0.3) is 10.1 Å². The van der Waals surface area contributed by atoms with Crippen molar-refractivity contribution in [3.8, 4) is 0 Å². The number of nitrogens with zero attached hydrogens (tertiary/aromatic N) is 1. The molecule has 2 aliphatic rings. The first kappa shape index (κ1) is 16.1. The van der Waals surface area contributed by atoms with Crippen molar-refractivity contribution in [2.45, 2.75) is 25.4 Å². The number of fused-ring (bicyclic) bond motifs is 2. The fourth-order valence-corrected chi connectivity index (χ4v) is 5.21. The van der Waals surface area contributed by atoms with Crippen LogP contribution in [0.2, 0.25) is 0 Å². The molecular weight excluding hydrogens is 322 g/mol. The van der Waals surface area contributed by atoms with Crippen molar-refractivity contribution in [3.63, 3.8) is 0 Å². The van der Waals surface area contributed by atoms with Gasteiger partial charge in [-0.25, -0.2) is 0 Å². The van der Waals surface area contributed by atoms with Crippen molar-refractivity contribution < 1.29 is 14.3 Å². The lowest BCUT2D eigenvalue weighted by Gasteiger charge is -2.50. The van der Waals surface area contributed by atoms with Gasteiger partial charge in [0.25, 0.3) is 5.91 Å². The van der Waals surface area contributed by atoms with Crippen LogP contribution < -0.4 is 0 Å². The van der Waals surface area contributed by atoms with Gasteiger partial charge < -0.3 is 14.4 Å². The molecule has 5 heteroatoms. The smallest absolute Gasteiger partial charge is 0.255 e. The molecule has 1 aromatic carbocycles. The first-order chi connectivity index (χ1) is 11.7. The maximum Gasteiger partial charge on any atom is 0.255 e. The summed E-state index contributed by atoms with van der Waals surface area (Å²) in [6, 6.07) is 8.13. The van der Waals surface area contributed by atoms with Crippen LogP contribution in [0, 0.1) is 5.41 Å². The third-order valence-electron chi connectivity index (χ3n) is 5.42. The number of hydrogen-bond acceptors (Lipinski definition) is 4. The maximum atomic E-state index is 13.1. The molecule has 4 nitrogen and oxygen atoms in total. The van der Waals surface area contributed by atoms with E-state index in [1.54, 1.807) is 18.4 Å². The quantitative estimate of drug-likeness (QED) is 0.854. The van der Waals surface area contributed by atoms with Crippen LogP contribution in [-0.4, -0.2) is 50.3 Å². The van der Waals surface area contributed by atoms with E-state index >= 15 is 0 Å². The van der Waals surface area contributed by atoms with E-state index in [-0.39, 0.29) is 17.4 Å². The van der Waals surface area contributed by atoms with E-state index < -0.39 is 0 Å². The third-order valence-corrected chi connectivity index (χ3v) is 6.38. The molecule has 2 saturated heterocycles. The summed E-state index contributed by atoms with van der Waals surface area (Å²) in [5, 5.41) is 3.06. The molecular formula is C19H23NO3S. The van der Waals surface area contributed by atoms with Crippen LogP contribution in [-0.2, 0) is 9.47 Å². The number of carbonyl (C=O) groups is 1. The Hall–Kier alpha value is -1.43. The van der Waals surface area contributed by atoms with Crippen LogP contribution in [0.1, 0.15) is 29.6 Å². The lowest BCUT2D eigenvalue weighted by atomic mass is 9.73. The molecule has 2 aromatic rings. The summed E-state index contributed by atoms with van der Waals surface area (Å²) < 4.78 is 12.7. The number of amides is 1. The fourth-order valence-electron chi connectivity index (χ4n) is 4.28. The highest BCUT2D eigenvalue weighted by Gasteiger charge is 2.47. The van der Waals surface area contributed by atoms with Crippen molar-refractivity contribution in [1.29, 1.82) is 0 Å². The van der Waals surface area contributed by atoms with Crippen LogP contribution in [0.4, 0.5) is 0 Å². The number of carbonyl (C=O) groups excluding carboxylic acids is 1.